The SMILES string of the molecule is COc1cccc(-c2[nH]ncc2C(=O)N2C[C@@H]3[C@@H]4CC[C@@H](C4)[C@@H]3C2)c1. The van der Waals surface area contributed by atoms with Gasteiger partial charge in [0.05, 0.1) is 24.6 Å². The zero-order valence-electron chi connectivity index (χ0n) is 14.4. The van der Waals surface area contributed by atoms with Crippen molar-refractivity contribution in [1.29, 1.82) is 0 Å². The average Bonchev–Trinajstić information content (AvgIpc) is 3.42. The van der Waals surface area contributed by atoms with Crippen molar-refractivity contribution in [2.24, 2.45) is 23.7 Å². The number of aromatic amines is 1. The van der Waals surface area contributed by atoms with E-state index in [1.165, 1.54) is 19.3 Å². The third-order valence-electron chi connectivity index (χ3n) is 6.65. The van der Waals surface area contributed by atoms with E-state index in [1.54, 1.807) is 13.3 Å². The number of H-pyrrole nitrogens is 1. The monoisotopic (exact) mass is 337 g/mol. The fourth-order valence-electron chi connectivity index (χ4n) is 5.47. The molecule has 4 atom stereocenters. The van der Waals surface area contributed by atoms with Crippen LogP contribution in [0.15, 0.2) is 30.5 Å². The van der Waals surface area contributed by atoms with E-state index in [4.69, 9.17) is 4.74 Å². The van der Waals surface area contributed by atoms with Crippen LogP contribution in [0.5, 0.6) is 5.75 Å². The summed E-state index contributed by atoms with van der Waals surface area (Å²) in [4.78, 5) is 15.2. The summed E-state index contributed by atoms with van der Waals surface area (Å²) in [5.41, 5.74) is 2.38. The van der Waals surface area contributed by atoms with Crippen molar-refractivity contribution in [3.05, 3.63) is 36.0 Å². The molecule has 1 amide bonds. The van der Waals surface area contributed by atoms with Crippen molar-refractivity contribution < 1.29 is 9.53 Å². The van der Waals surface area contributed by atoms with Gasteiger partial charge in [0.2, 0.25) is 0 Å². The number of carbonyl (C=O) groups is 1. The number of amides is 1. The number of nitrogens with one attached hydrogen (secondary N) is 1. The summed E-state index contributed by atoms with van der Waals surface area (Å²) in [6.45, 7) is 1.85. The maximum atomic E-state index is 13.2. The number of ether oxygens (including phenoxy) is 1. The van der Waals surface area contributed by atoms with E-state index in [1.807, 2.05) is 24.3 Å². The smallest absolute Gasteiger partial charge is 0.257 e. The number of likely N-dealkylation sites (tertiary alicyclic amines) is 1. The molecular weight excluding hydrogens is 314 g/mol. The van der Waals surface area contributed by atoms with Crippen LogP contribution in [0.1, 0.15) is 29.6 Å². The van der Waals surface area contributed by atoms with E-state index in [0.717, 1.165) is 53.8 Å². The number of aromatic nitrogens is 2. The average molecular weight is 337 g/mol. The number of methoxy groups -OCH3 is 1. The largest absolute Gasteiger partial charge is 0.497 e. The number of benzene rings is 1. The Morgan fingerprint density at radius 1 is 1.24 bits per heavy atom. The number of rotatable bonds is 3. The second-order valence-corrected chi connectivity index (χ2v) is 7.76. The molecule has 2 aliphatic carbocycles. The van der Waals surface area contributed by atoms with E-state index < -0.39 is 0 Å². The molecule has 0 spiro atoms. The second kappa shape index (κ2) is 5.61. The van der Waals surface area contributed by atoms with Gasteiger partial charge in [-0.1, -0.05) is 12.1 Å². The summed E-state index contributed by atoms with van der Waals surface area (Å²) in [5.74, 6) is 4.06. The van der Waals surface area contributed by atoms with Crippen LogP contribution in [-0.4, -0.2) is 41.2 Å². The zero-order chi connectivity index (χ0) is 17.0. The van der Waals surface area contributed by atoms with E-state index in [2.05, 4.69) is 15.1 Å². The number of nitrogens with zero attached hydrogens (tertiary/aromatic N) is 2. The maximum absolute atomic E-state index is 13.2. The van der Waals surface area contributed by atoms with Crippen molar-refractivity contribution in [2.75, 3.05) is 20.2 Å². The fraction of sp³-hybridized carbons (Fsp3) is 0.500. The van der Waals surface area contributed by atoms with Gasteiger partial charge in [-0.3, -0.25) is 9.89 Å². The lowest BCUT2D eigenvalue weighted by atomic mass is 9.82. The highest BCUT2D eigenvalue weighted by atomic mass is 16.5. The Hall–Kier alpha value is -2.30. The Balaban J connectivity index is 1.41. The molecule has 0 radical (unpaired) electrons. The van der Waals surface area contributed by atoms with Gasteiger partial charge >= 0.3 is 0 Å². The van der Waals surface area contributed by atoms with Crippen LogP contribution in [0.25, 0.3) is 11.3 Å². The van der Waals surface area contributed by atoms with Crippen molar-refractivity contribution >= 4 is 5.91 Å². The van der Waals surface area contributed by atoms with Crippen LogP contribution in [0.4, 0.5) is 0 Å². The Labute approximate surface area is 147 Å². The molecule has 0 unspecified atom stereocenters. The molecule has 5 rings (SSSR count). The molecule has 2 saturated carbocycles. The molecule has 1 saturated heterocycles. The Morgan fingerprint density at radius 2 is 2.00 bits per heavy atom. The second-order valence-electron chi connectivity index (χ2n) is 7.76. The first-order chi connectivity index (χ1) is 12.2. The molecule has 2 heterocycles. The molecule has 1 N–H and O–H groups in total. The van der Waals surface area contributed by atoms with Crippen LogP contribution >= 0.6 is 0 Å². The highest BCUT2D eigenvalue weighted by molar-refractivity contribution is 6.00. The highest BCUT2D eigenvalue weighted by Crippen LogP contribution is 2.55. The summed E-state index contributed by atoms with van der Waals surface area (Å²) in [5, 5.41) is 7.15. The van der Waals surface area contributed by atoms with Crippen molar-refractivity contribution in [3.63, 3.8) is 0 Å². The highest BCUT2D eigenvalue weighted by Gasteiger charge is 2.52. The predicted molar refractivity (Wildman–Crippen MR) is 94.3 cm³/mol. The van der Waals surface area contributed by atoms with E-state index >= 15 is 0 Å². The standard InChI is InChI=1S/C20H23N3O2/c1-25-15-4-2-3-14(8-15)19-16(9-21-22-19)20(24)23-10-17-12-5-6-13(7-12)18(17)11-23/h2-4,8-9,12-13,17-18H,5-7,10-11H2,1H3,(H,21,22)/t12-,13+,17-,18+. The summed E-state index contributed by atoms with van der Waals surface area (Å²) in [6, 6.07) is 7.75. The topological polar surface area (TPSA) is 58.2 Å². The number of fused-ring (bicyclic) bond motifs is 5. The van der Waals surface area contributed by atoms with Crippen LogP contribution in [0.3, 0.4) is 0 Å². The Bertz CT molecular complexity index is 797. The van der Waals surface area contributed by atoms with Crippen LogP contribution in [0, 0.1) is 23.7 Å². The summed E-state index contributed by atoms with van der Waals surface area (Å²) >= 11 is 0. The van der Waals surface area contributed by atoms with Crippen LogP contribution < -0.4 is 4.74 Å². The molecule has 2 aromatic rings. The van der Waals surface area contributed by atoms with Crippen LogP contribution in [-0.2, 0) is 0 Å². The normalized spacial score (nSPS) is 29.9. The van der Waals surface area contributed by atoms with Gasteiger partial charge in [0.15, 0.2) is 0 Å². The van der Waals surface area contributed by atoms with Crippen molar-refractivity contribution in [1.82, 2.24) is 15.1 Å². The summed E-state index contributed by atoms with van der Waals surface area (Å²) < 4.78 is 5.30. The zero-order valence-corrected chi connectivity index (χ0v) is 14.4. The van der Waals surface area contributed by atoms with Gasteiger partial charge in [0, 0.05) is 18.7 Å². The summed E-state index contributed by atoms with van der Waals surface area (Å²) in [7, 11) is 1.65. The van der Waals surface area contributed by atoms with Gasteiger partial charge in [0.25, 0.3) is 5.91 Å². The molecule has 1 aromatic heterocycles. The molecule has 1 aromatic carbocycles. The maximum Gasteiger partial charge on any atom is 0.257 e. The Morgan fingerprint density at radius 3 is 2.72 bits per heavy atom. The predicted octanol–water partition coefficient (Wildman–Crippen LogP) is 3.20. The first-order valence-electron chi connectivity index (χ1n) is 9.21. The lowest BCUT2D eigenvalue weighted by Gasteiger charge is -2.22. The van der Waals surface area contributed by atoms with E-state index in [0.29, 0.717) is 5.56 Å². The lowest BCUT2D eigenvalue weighted by molar-refractivity contribution is 0.0777. The molecule has 25 heavy (non-hydrogen) atoms. The van der Waals surface area contributed by atoms with E-state index in [9.17, 15) is 4.79 Å². The van der Waals surface area contributed by atoms with Gasteiger partial charge in [-0.15, -0.1) is 0 Å². The van der Waals surface area contributed by atoms with Gasteiger partial charge in [-0.05, 0) is 55.1 Å². The van der Waals surface area contributed by atoms with E-state index in [-0.39, 0.29) is 5.91 Å². The minimum absolute atomic E-state index is 0.111. The third kappa shape index (κ3) is 2.29. The quantitative estimate of drug-likeness (QED) is 0.936. The number of hydrogen-bond acceptors (Lipinski definition) is 3. The minimum atomic E-state index is 0.111. The molecule has 5 nitrogen and oxygen atoms in total. The Kier molecular flexibility index (Phi) is 3.37. The van der Waals surface area contributed by atoms with Crippen LogP contribution in [0.2, 0.25) is 0 Å². The molecule has 2 bridgehead atoms. The van der Waals surface area contributed by atoms with Gasteiger partial charge in [-0.2, -0.15) is 5.10 Å². The molecule has 5 heteroatoms. The molecular formula is C20H23N3O2. The molecule has 3 aliphatic rings. The molecule has 3 fully saturated rings. The number of hydrogen-bond donors (Lipinski definition) is 1. The third-order valence-corrected chi connectivity index (χ3v) is 6.65. The fourth-order valence-corrected chi connectivity index (χ4v) is 5.47. The van der Waals surface area contributed by atoms with Crippen molar-refractivity contribution in [3.8, 4) is 17.0 Å². The molecule has 1 aliphatic heterocycles. The number of carbonyl (C=O) groups excluding carboxylic acids is 1. The van der Waals surface area contributed by atoms with Gasteiger partial charge in [0.1, 0.15) is 5.75 Å². The first-order valence-corrected chi connectivity index (χ1v) is 9.21. The first kappa shape index (κ1) is 15.0. The lowest BCUT2D eigenvalue weighted by Crippen LogP contribution is -2.30. The van der Waals surface area contributed by atoms with Gasteiger partial charge < -0.3 is 9.64 Å². The van der Waals surface area contributed by atoms with Gasteiger partial charge in [-0.25, -0.2) is 0 Å². The minimum Gasteiger partial charge on any atom is -0.497 e. The van der Waals surface area contributed by atoms with Crippen molar-refractivity contribution in [2.45, 2.75) is 19.3 Å². The molecule has 130 valence electrons. The summed E-state index contributed by atoms with van der Waals surface area (Å²) in [6.07, 6.45) is 5.81.